The molecule has 112 valence electrons. The minimum Gasteiger partial charge on any atom is -0.492 e. The lowest BCUT2D eigenvalue weighted by Crippen LogP contribution is -2.37. The van der Waals surface area contributed by atoms with Gasteiger partial charge in [-0.05, 0) is 38.4 Å². The van der Waals surface area contributed by atoms with Gasteiger partial charge in [-0.15, -0.1) is 0 Å². The first-order valence-electron chi connectivity index (χ1n) is 7.73. The van der Waals surface area contributed by atoms with Crippen LogP contribution in [0, 0.1) is 6.92 Å². The van der Waals surface area contributed by atoms with Crippen LogP contribution in [0.4, 0.5) is 0 Å². The van der Waals surface area contributed by atoms with E-state index in [4.69, 9.17) is 4.74 Å². The van der Waals surface area contributed by atoms with Gasteiger partial charge >= 0.3 is 0 Å². The highest BCUT2D eigenvalue weighted by molar-refractivity contribution is 5.20. The van der Waals surface area contributed by atoms with Gasteiger partial charge in [0.25, 0.3) is 0 Å². The second kappa shape index (κ2) is 6.76. The molecule has 1 aromatic carbocycles. The fourth-order valence-electron chi connectivity index (χ4n) is 2.93. The van der Waals surface area contributed by atoms with E-state index in [0.717, 1.165) is 43.5 Å². The molecular formula is C17H23N3O. The van der Waals surface area contributed by atoms with Gasteiger partial charge in [0.1, 0.15) is 18.2 Å². The summed E-state index contributed by atoms with van der Waals surface area (Å²) in [6.45, 7) is 6.02. The summed E-state index contributed by atoms with van der Waals surface area (Å²) >= 11 is 0. The fraction of sp³-hybridized carbons (Fsp3) is 0.471. The molecule has 3 rings (SSSR count). The Hall–Kier alpha value is -1.81. The second-order valence-electron chi connectivity index (χ2n) is 5.75. The number of imidazole rings is 1. The van der Waals surface area contributed by atoms with Crippen LogP contribution in [0.25, 0.3) is 0 Å². The molecule has 4 heteroatoms. The van der Waals surface area contributed by atoms with Gasteiger partial charge in [0.15, 0.2) is 0 Å². The first-order chi connectivity index (χ1) is 10.3. The summed E-state index contributed by atoms with van der Waals surface area (Å²) < 4.78 is 5.79. The van der Waals surface area contributed by atoms with Crippen molar-refractivity contribution in [3.63, 3.8) is 0 Å². The molecule has 1 N–H and O–H groups in total. The van der Waals surface area contributed by atoms with Crippen molar-refractivity contribution in [2.45, 2.75) is 25.7 Å². The molecule has 21 heavy (non-hydrogen) atoms. The van der Waals surface area contributed by atoms with Crippen LogP contribution in [-0.4, -0.2) is 41.1 Å². The SMILES string of the molecule is Cc1cnc(C2CCCN(CCOc3ccccc3)C2)[nH]1. The van der Waals surface area contributed by atoms with Crippen molar-refractivity contribution in [3.8, 4) is 5.75 Å². The van der Waals surface area contributed by atoms with Crippen molar-refractivity contribution >= 4 is 0 Å². The highest BCUT2D eigenvalue weighted by atomic mass is 16.5. The number of ether oxygens (including phenoxy) is 1. The number of aryl methyl sites for hydroxylation is 1. The van der Waals surface area contributed by atoms with Gasteiger partial charge in [-0.25, -0.2) is 4.98 Å². The van der Waals surface area contributed by atoms with Crippen molar-refractivity contribution in [1.29, 1.82) is 0 Å². The number of aromatic nitrogens is 2. The summed E-state index contributed by atoms with van der Waals surface area (Å²) in [4.78, 5) is 10.3. The van der Waals surface area contributed by atoms with Crippen LogP contribution in [0.1, 0.15) is 30.3 Å². The number of para-hydroxylation sites is 1. The Balaban J connectivity index is 1.48. The molecule has 1 fully saturated rings. The van der Waals surface area contributed by atoms with Crippen molar-refractivity contribution in [1.82, 2.24) is 14.9 Å². The van der Waals surface area contributed by atoms with Gasteiger partial charge in [0.05, 0.1) is 0 Å². The molecule has 0 amide bonds. The highest BCUT2D eigenvalue weighted by Gasteiger charge is 2.23. The molecular weight excluding hydrogens is 262 g/mol. The summed E-state index contributed by atoms with van der Waals surface area (Å²) in [5.41, 5.74) is 1.15. The van der Waals surface area contributed by atoms with E-state index in [2.05, 4.69) is 21.8 Å². The Morgan fingerprint density at radius 3 is 2.95 bits per heavy atom. The number of rotatable bonds is 5. The van der Waals surface area contributed by atoms with Crippen molar-refractivity contribution in [3.05, 3.63) is 48.0 Å². The Kier molecular flexibility index (Phi) is 4.55. The lowest BCUT2D eigenvalue weighted by atomic mass is 9.97. The normalized spacial score (nSPS) is 19.6. The number of hydrogen-bond acceptors (Lipinski definition) is 3. The lowest BCUT2D eigenvalue weighted by molar-refractivity contribution is 0.168. The summed E-state index contributed by atoms with van der Waals surface area (Å²) in [5.74, 6) is 2.62. The third-order valence-electron chi connectivity index (χ3n) is 4.03. The zero-order valence-electron chi connectivity index (χ0n) is 12.6. The smallest absolute Gasteiger partial charge is 0.119 e. The van der Waals surface area contributed by atoms with Gasteiger partial charge in [-0.3, -0.25) is 4.90 Å². The number of likely N-dealkylation sites (tertiary alicyclic amines) is 1. The predicted octanol–water partition coefficient (Wildman–Crippen LogP) is 2.98. The van der Waals surface area contributed by atoms with Crippen LogP contribution in [0.3, 0.4) is 0 Å². The van der Waals surface area contributed by atoms with Gasteiger partial charge in [0.2, 0.25) is 0 Å². The number of nitrogens with one attached hydrogen (secondary N) is 1. The average Bonchev–Trinajstić information content (AvgIpc) is 2.95. The number of piperidine rings is 1. The van der Waals surface area contributed by atoms with Crippen LogP contribution in [0.2, 0.25) is 0 Å². The standard InChI is InChI=1S/C17H23N3O/c1-14-12-18-17(19-14)15-6-5-9-20(13-15)10-11-21-16-7-3-2-4-8-16/h2-4,7-8,12,15H,5-6,9-11,13H2,1H3,(H,18,19). The van der Waals surface area contributed by atoms with Crippen molar-refractivity contribution in [2.24, 2.45) is 0 Å². The molecule has 0 radical (unpaired) electrons. The second-order valence-corrected chi connectivity index (χ2v) is 5.75. The predicted molar refractivity (Wildman–Crippen MR) is 83.7 cm³/mol. The summed E-state index contributed by atoms with van der Waals surface area (Å²) in [7, 11) is 0. The molecule has 0 bridgehead atoms. The van der Waals surface area contributed by atoms with Gasteiger partial charge in [0, 0.05) is 30.9 Å². The Bertz CT molecular complexity index is 552. The molecule has 1 saturated heterocycles. The number of nitrogens with zero attached hydrogens (tertiary/aromatic N) is 2. The largest absolute Gasteiger partial charge is 0.492 e. The van der Waals surface area contributed by atoms with E-state index in [1.54, 1.807) is 0 Å². The third kappa shape index (κ3) is 3.85. The Morgan fingerprint density at radius 2 is 2.19 bits per heavy atom. The minimum atomic E-state index is 0.532. The van der Waals surface area contributed by atoms with E-state index in [9.17, 15) is 0 Å². The molecule has 1 aliphatic heterocycles. The van der Waals surface area contributed by atoms with Gasteiger partial charge in [-0.2, -0.15) is 0 Å². The molecule has 1 atom stereocenters. The first kappa shape index (κ1) is 14.1. The van der Waals surface area contributed by atoms with Crippen LogP contribution in [-0.2, 0) is 0 Å². The highest BCUT2D eigenvalue weighted by Crippen LogP contribution is 2.24. The summed E-state index contributed by atoms with van der Waals surface area (Å²) in [5, 5.41) is 0. The molecule has 4 nitrogen and oxygen atoms in total. The number of aromatic amines is 1. The zero-order valence-corrected chi connectivity index (χ0v) is 12.6. The van der Waals surface area contributed by atoms with E-state index < -0.39 is 0 Å². The maximum atomic E-state index is 5.79. The molecule has 1 aromatic heterocycles. The zero-order chi connectivity index (χ0) is 14.5. The fourth-order valence-corrected chi connectivity index (χ4v) is 2.93. The monoisotopic (exact) mass is 285 g/mol. The molecule has 1 aliphatic rings. The molecule has 0 aliphatic carbocycles. The summed E-state index contributed by atoms with van der Waals surface area (Å²) in [6.07, 6.45) is 4.38. The van der Waals surface area contributed by atoms with Gasteiger partial charge < -0.3 is 9.72 Å². The van der Waals surface area contributed by atoms with E-state index in [0.29, 0.717) is 5.92 Å². The van der Waals surface area contributed by atoms with Crippen molar-refractivity contribution in [2.75, 3.05) is 26.2 Å². The van der Waals surface area contributed by atoms with E-state index in [1.165, 1.54) is 12.8 Å². The topological polar surface area (TPSA) is 41.2 Å². The van der Waals surface area contributed by atoms with Gasteiger partial charge in [-0.1, -0.05) is 18.2 Å². The molecule has 1 unspecified atom stereocenters. The number of hydrogen-bond donors (Lipinski definition) is 1. The maximum Gasteiger partial charge on any atom is 0.119 e. The molecule has 2 aromatic rings. The van der Waals surface area contributed by atoms with Crippen LogP contribution >= 0.6 is 0 Å². The minimum absolute atomic E-state index is 0.532. The van der Waals surface area contributed by atoms with E-state index in [1.807, 2.05) is 36.5 Å². The van der Waals surface area contributed by atoms with Crippen molar-refractivity contribution < 1.29 is 4.74 Å². The van der Waals surface area contributed by atoms with E-state index >= 15 is 0 Å². The molecule has 2 heterocycles. The van der Waals surface area contributed by atoms with Crippen LogP contribution in [0.5, 0.6) is 5.75 Å². The van der Waals surface area contributed by atoms with Crippen LogP contribution in [0.15, 0.2) is 36.5 Å². The average molecular weight is 285 g/mol. The number of H-pyrrole nitrogens is 1. The number of benzene rings is 1. The first-order valence-corrected chi connectivity index (χ1v) is 7.73. The Labute approximate surface area is 126 Å². The Morgan fingerprint density at radius 1 is 1.33 bits per heavy atom. The maximum absolute atomic E-state index is 5.79. The quantitative estimate of drug-likeness (QED) is 0.918. The molecule has 0 spiro atoms. The molecule has 0 saturated carbocycles. The third-order valence-corrected chi connectivity index (χ3v) is 4.03. The lowest BCUT2D eigenvalue weighted by Gasteiger charge is -2.31. The van der Waals surface area contributed by atoms with E-state index in [-0.39, 0.29) is 0 Å². The summed E-state index contributed by atoms with van der Waals surface area (Å²) in [6, 6.07) is 10.0. The van der Waals surface area contributed by atoms with Crippen LogP contribution < -0.4 is 4.74 Å².